The topological polar surface area (TPSA) is 78.8 Å². The van der Waals surface area contributed by atoms with Crippen LogP contribution in [-0.2, 0) is 4.74 Å². The van der Waals surface area contributed by atoms with Crippen LogP contribution < -0.4 is 5.32 Å². The van der Waals surface area contributed by atoms with E-state index >= 15 is 0 Å². The first-order valence-corrected chi connectivity index (χ1v) is 5.95. The molecule has 1 aromatic rings. The van der Waals surface area contributed by atoms with Crippen LogP contribution in [-0.4, -0.2) is 40.7 Å². The van der Waals surface area contributed by atoms with E-state index in [9.17, 15) is 15.0 Å². The summed E-state index contributed by atoms with van der Waals surface area (Å²) >= 11 is 0. The molecular weight excluding hydrogens is 234 g/mol. The van der Waals surface area contributed by atoms with Crippen LogP contribution in [0.5, 0.6) is 0 Å². The minimum Gasteiger partial charge on any atom is -0.388 e. The van der Waals surface area contributed by atoms with Crippen molar-refractivity contribution in [2.45, 2.75) is 37.9 Å². The molecule has 1 heterocycles. The Labute approximate surface area is 105 Å². The van der Waals surface area contributed by atoms with Crippen molar-refractivity contribution in [3.05, 3.63) is 35.9 Å². The van der Waals surface area contributed by atoms with Gasteiger partial charge in [0.15, 0.2) is 6.29 Å². The van der Waals surface area contributed by atoms with E-state index in [0.29, 0.717) is 5.56 Å². The molecule has 1 aliphatic rings. The van der Waals surface area contributed by atoms with Crippen LogP contribution in [0.4, 0.5) is 0 Å². The van der Waals surface area contributed by atoms with Gasteiger partial charge in [0.1, 0.15) is 6.10 Å². The highest BCUT2D eigenvalue weighted by atomic mass is 16.6. The minimum absolute atomic E-state index is 0.185. The molecule has 1 fully saturated rings. The third-order valence-corrected chi connectivity index (χ3v) is 3.07. The quantitative estimate of drug-likeness (QED) is 0.705. The molecule has 0 saturated carbocycles. The zero-order valence-electron chi connectivity index (χ0n) is 10.1. The number of hydrogen-bond acceptors (Lipinski definition) is 4. The number of carbonyl (C=O) groups excluding carboxylic acids is 1. The molecule has 1 aromatic carbocycles. The van der Waals surface area contributed by atoms with E-state index in [1.165, 1.54) is 0 Å². The van der Waals surface area contributed by atoms with Gasteiger partial charge in [-0.1, -0.05) is 18.2 Å². The largest absolute Gasteiger partial charge is 0.388 e. The lowest BCUT2D eigenvalue weighted by molar-refractivity contribution is -0.201. The molecule has 0 aliphatic carbocycles. The molecule has 1 aliphatic heterocycles. The summed E-state index contributed by atoms with van der Waals surface area (Å²) in [5, 5.41) is 22.1. The van der Waals surface area contributed by atoms with E-state index in [1.807, 2.05) is 6.07 Å². The first-order valence-electron chi connectivity index (χ1n) is 5.95. The highest BCUT2D eigenvalue weighted by Gasteiger charge is 2.35. The molecule has 0 bridgehead atoms. The molecule has 4 atom stereocenters. The van der Waals surface area contributed by atoms with E-state index in [0.717, 1.165) is 0 Å². The Morgan fingerprint density at radius 2 is 2.00 bits per heavy atom. The van der Waals surface area contributed by atoms with E-state index in [-0.39, 0.29) is 12.3 Å². The SMILES string of the molecule is C[C@@H]1O[C@@H](O)C[C@@H](NC(=O)c2ccccc2)[C@H]1O. The van der Waals surface area contributed by atoms with Gasteiger partial charge in [0, 0.05) is 12.0 Å². The van der Waals surface area contributed by atoms with Crippen LogP contribution in [0.3, 0.4) is 0 Å². The average Bonchev–Trinajstić information content (AvgIpc) is 2.36. The Kier molecular flexibility index (Phi) is 3.96. The zero-order valence-corrected chi connectivity index (χ0v) is 10.1. The number of amides is 1. The van der Waals surface area contributed by atoms with Gasteiger partial charge in [0.25, 0.3) is 5.91 Å². The fourth-order valence-electron chi connectivity index (χ4n) is 2.05. The summed E-state index contributed by atoms with van der Waals surface area (Å²) in [5.74, 6) is -0.263. The molecule has 5 nitrogen and oxygen atoms in total. The molecule has 0 unspecified atom stereocenters. The summed E-state index contributed by atoms with van der Waals surface area (Å²) in [6.45, 7) is 1.66. The van der Waals surface area contributed by atoms with Crippen molar-refractivity contribution in [2.75, 3.05) is 0 Å². The highest BCUT2D eigenvalue weighted by molar-refractivity contribution is 5.94. The number of nitrogens with one attached hydrogen (secondary N) is 1. The van der Waals surface area contributed by atoms with Gasteiger partial charge in [-0.2, -0.15) is 0 Å². The van der Waals surface area contributed by atoms with Gasteiger partial charge in [0.2, 0.25) is 0 Å². The van der Waals surface area contributed by atoms with Crippen LogP contribution in [0, 0.1) is 0 Å². The Balaban J connectivity index is 2.02. The Hall–Kier alpha value is -1.43. The Morgan fingerprint density at radius 3 is 2.67 bits per heavy atom. The predicted molar refractivity (Wildman–Crippen MR) is 64.9 cm³/mol. The molecule has 1 saturated heterocycles. The molecule has 1 amide bonds. The second-order valence-corrected chi connectivity index (χ2v) is 4.47. The second kappa shape index (κ2) is 5.48. The standard InChI is InChI=1S/C13H17NO4/c1-8-12(16)10(7-11(15)18-8)14-13(17)9-5-3-2-4-6-9/h2-6,8,10-12,15-16H,7H2,1H3,(H,14,17)/t8-,10+,11+,12-/m0/s1. The van der Waals surface area contributed by atoms with Gasteiger partial charge >= 0.3 is 0 Å². The predicted octanol–water partition coefficient (Wildman–Crippen LogP) is 0.273. The monoisotopic (exact) mass is 251 g/mol. The molecule has 0 aromatic heterocycles. The maximum Gasteiger partial charge on any atom is 0.251 e. The number of ether oxygens (including phenoxy) is 1. The lowest BCUT2D eigenvalue weighted by Crippen LogP contribution is -2.54. The maximum absolute atomic E-state index is 11.9. The fraction of sp³-hybridized carbons (Fsp3) is 0.462. The van der Waals surface area contributed by atoms with E-state index in [1.54, 1.807) is 31.2 Å². The summed E-state index contributed by atoms with van der Waals surface area (Å²) in [6, 6.07) is 8.25. The minimum atomic E-state index is -0.954. The van der Waals surface area contributed by atoms with Crippen molar-refractivity contribution in [1.29, 1.82) is 0 Å². The lowest BCUT2D eigenvalue weighted by atomic mass is 9.99. The number of aliphatic hydroxyl groups is 2. The lowest BCUT2D eigenvalue weighted by Gasteiger charge is -2.36. The summed E-state index contributed by atoms with van der Waals surface area (Å²) < 4.78 is 5.07. The zero-order chi connectivity index (χ0) is 13.1. The summed E-state index contributed by atoms with van der Waals surface area (Å²) in [6.07, 6.45) is -2.09. The molecule has 0 spiro atoms. The van der Waals surface area contributed by atoms with Gasteiger partial charge in [-0.25, -0.2) is 0 Å². The number of hydrogen-bond donors (Lipinski definition) is 3. The third kappa shape index (κ3) is 2.87. The fourth-order valence-corrected chi connectivity index (χ4v) is 2.05. The molecule has 5 heteroatoms. The van der Waals surface area contributed by atoms with Crippen molar-refractivity contribution >= 4 is 5.91 Å². The molecule has 0 radical (unpaired) electrons. The third-order valence-electron chi connectivity index (χ3n) is 3.07. The number of aliphatic hydroxyl groups excluding tert-OH is 2. The van der Waals surface area contributed by atoms with E-state index in [4.69, 9.17) is 4.74 Å². The van der Waals surface area contributed by atoms with Crippen molar-refractivity contribution in [3.8, 4) is 0 Å². The number of benzene rings is 1. The normalized spacial score (nSPS) is 31.9. The van der Waals surface area contributed by atoms with Crippen LogP contribution in [0.25, 0.3) is 0 Å². The second-order valence-electron chi connectivity index (χ2n) is 4.47. The Bertz CT molecular complexity index is 409. The molecule has 2 rings (SSSR count). The van der Waals surface area contributed by atoms with Gasteiger partial charge in [-0.3, -0.25) is 4.79 Å². The number of carbonyl (C=O) groups is 1. The van der Waals surface area contributed by atoms with Crippen LogP contribution in [0.2, 0.25) is 0 Å². The van der Waals surface area contributed by atoms with Gasteiger partial charge < -0.3 is 20.3 Å². The summed E-state index contributed by atoms with van der Waals surface area (Å²) in [5.41, 5.74) is 0.526. The highest BCUT2D eigenvalue weighted by Crippen LogP contribution is 2.19. The van der Waals surface area contributed by atoms with Crippen molar-refractivity contribution < 1.29 is 19.7 Å². The average molecular weight is 251 g/mol. The van der Waals surface area contributed by atoms with Gasteiger partial charge in [-0.15, -0.1) is 0 Å². The first-order chi connectivity index (χ1) is 8.58. The van der Waals surface area contributed by atoms with Crippen LogP contribution in [0.15, 0.2) is 30.3 Å². The van der Waals surface area contributed by atoms with Crippen molar-refractivity contribution in [2.24, 2.45) is 0 Å². The maximum atomic E-state index is 11.9. The van der Waals surface area contributed by atoms with Gasteiger partial charge in [-0.05, 0) is 19.1 Å². The van der Waals surface area contributed by atoms with Gasteiger partial charge in [0.05, 0.1) is 12.1 Å². The van der Waals surface area contributed by atoms with E-state index < -0.39 is 24.5 Å². The first kappa shape index (κ1) is 13.0. The Morgan fingerprint density at radius 1 is 1.33 bits per heavy atom. The van der Waals surface area contributed by atoms with E-state index in [2.05, 4.69) is 5.32 Å². The van der Waals surface area contributed by atoms with Crippen molar-refractivity contribution in [1.82, 2.24) is 5.32 Å². The summed E-state index contributed by atoms with van der Waals surface area (Å²) in [4.78, 5) is 11.9. The summed E-state index contributed by atoms with van der Waals surface area (Å²) in [7, 11) is 0. The smallest absolute Gasteiger partial charge is 0.251 e. The van der Waals surface area contributed by atoms with Crippen LogP contribution in [0.1, 0.15) is 23.7 Å². The molecule has 3 N–H and O–H groups in total. The molecule has 98 valence electrons. The number of rotatable bonds is 2. The van der Waals surface area contributed by atoms with Crippen LogP contribution >= 0.6 is 0 Å². The van der Waals surface area contributed by atoms with Crippen molar-refractivity contribution in [3.63, 3.8) is 0 Å². The molecule has 18 heavy (non-hydrogen) atoms. The molecular formula is C13H17NO4.